The minimum atomic E-state index is -2.45. The van der Waals surface area contributed by atoms with Crippen LogP contribution in [-0.2, 0) is 0 Å². The molecule has 1 aliphatic rings. The van der Waals surface area contributed by atoms with E-state index in [9.17, 15) is 13.6 Å². The van der Waals surface area contributed by atoms with Crippen molar-refractivity contribution >= 4 is 29.2 Å². The van der Waals surface area contributed by atoms with Crippen LogP contribution in [-0.4, -0.2) is 34.2 Å². The zero-order valence-corrected chi connectivity index (χ0v) is 15.7. The molecular formula is C17H19ClF2N4OS. The molecule has 3 rings (SSSR count). The molecule has 0 atom stereocenters. The number of nitrogens with zero attached hydrogens (tertiary/aromatic N) is 3. The molecule has 1 saturated heterocycles. The van der Waals surface area contributed by atoms with E-state index in [-0.39, 0.29) is 22.2 Å². The number of piperidine rings is 1. The monoisotopic (exact) mass is 400 g/mol. The normalized spacial score (nSPS) is 16.2. The van der Waals surface area contributed by atoms with Gasteiger partial charge in [0.15, 0.2) is 0 Å². The minimum Gasteiger partial charge on any atom is -0.385 e. The lowest BCUT2D eigenvalue weighted by Crippen LogP contribution is -2.36. The van der Waals surface area contributed by atoms with E-state index in [1.165, 1.54) is 16.8 Å². The number of hydrogen-bond donors (Lipinski definition) is 1. The summed E-state index contributed by atoms with van der Waals surface area (Å²) in [6, 6.07) is 6.33. The van der Waals surface area contributed by atoms with E-state index in [1.807, 2.05) is 0 Å². The standard InChI is InChI=1S/C17H19ClF2N4OS/c1-21-14-10-22-24(17(25)15(14)18)12-6-8-23(9-7-12)26-13-4-2-11(3-5-13)16(19)20/h2-5,10,12,16,21H,6-9H2,1H3. The van der Waals surface area contributed by atoms with Gasteiger partial charge in [0.25, 0.3) is 12.0 Å². The molecule has 0 bridgehead atoms. The molecule has 9 heteroatoms. The summed E-state index contributed by atoms with van der Waals surface area (Å²) in [4.78, 5) is 13.3. The van der Waals surface area contributed by atoms with Crippen molar-refractivity contribution in [2.75, 3.05) is 25.5 Å². The van der Waals surface area contributed by atoms with E-state index in [0.29, 0.717) is 5.69 Å². The van der Waals surface area contributed by atoms with Crippen molar-refractivity contribution in [3.63, 3.8) is 0 Å². The fourth-order valence-electron chi connectivity index (χ4n) is 2.88. The molecule has 0 aliphatic carbocycles. The molecule has 1 fully saturated rings. The van der Waals surface area contributed by atoms with Gasteiger partial charge in [0.05, 0.1) is 17.9 Å². The van der Waals surface area contributed by atoms with Crippen molar-refractivity contribution in [2.45, 2.75) is 30.2 Å². The lowest BCUT2D eigenvalue weighted by Gasteiger charge is -2.31. The summed E-state index contributed by atoms with van der Waals surface area (Å²) in [5.74, 6) is 0. The summed E-state index contributed by atoms with van der Waals surface area (Å²) in [7, 11) is 1.69. The number of rotatable bonds is 5. The molecular weight excluding hydrogens is 382 g/mol. The Bertz CT molecular complexity index is 807. The second-order valence-electron chi connectivity index (χ2n) is 5.99. The average molecular weight is 401 g/mol. The molecule has 2 aromatic rings. The number of nitrogens with one attached hydrogen (secondary N) is 1. The number of halogens is 3. The zero-order valence-electron chi connectivity index (χ0n) is 14.2. The van der Waals surface area contributed by atoms with E-state index in [4.69, 9.17) is 11.6 Å². The Kier molecular flexibility index (Phi) is 6.16. The summed E-state index contributed by atoms with van der Waals surface area (Å²) < 4.78 is 28.8. The average Bonchev–Trinajstić information content (AvgIpc) is 2.65. The van der Waals surface area contributed by atoms with E-state index < -0.39 is 6.43 Å². The first-order valence-corrected chi connectivity index (χ1v) is 9.41. The molecule has 1 aromatic carbocycles. The Morgan fingerprint density at radius 3 is 2.50 bits per heavy atom. The lowest BCUT2D eigenvalue weighted by atomic mass is 10.1. The Morgan fingerprint density at radius 2 is 1.92 bits per heavy atom. The van der Waals surface area contributed by atoms with E-state index in [0.717, 1.165) is 30.8 Å². The third kappa shape index (κ3) is 4.19. The fourth-order valence-corrected chi connectivity index (χ4v) is 4.06. The maximum absolute atomic E-state index is 12.6. The summed E-state index contributed by atoms with van der Waals surface area (Å²) in [5.41, 5.74) is 0.265. The van der Waals surface area contributed by atoms with E-state index >= 15 is 0 Å². The largest absolute Gasteiger partial charge is 0.385 e. The van der Waals surface area contributed by atoms with Gasteiger partial charge in [-0.1, -0.05) is 23.7 Å². The number of benzene rings is 1. The van der Waals surface area contributed by atoms with Gasteiger partial charge in [-0.05, 0) is 36.9 Å². The topological polar surface area (TPSA) is 50.2 Å². The summed E-state index contributed by atoms with van der Waals surface area (Å²) in [5, 5.41) is 7.23. The van der Waals surface area contributed by atoms with Gasteiger partial charge in [-0.15, -0.1) is 0 Å². The van der Waals surface area contributed by atoms with Crippen LogP contribution < -0.4 is 10.9 Å². The van der Waals surface area contributed by atoms with Crippen molar-refractivity contribution < 1.29 is 8.78 Å². The number of hydrogen-bond acceptors (Lipinski definition) is 5. The molecule has 0 saturated carbocycles. The van der Waals surface area contributed by atoms with Gasteiger partial charge in [-0.2, -0.15) is 5.10 Å². The van der Waals surface area contributed by atoms with Crippen molar-refractivity contribution in [3.8, 4) is 0 Å². The van der Waals surface area contributed by atoms with E-state index in [2.05, 4.69) is 14.7 Å². The van der Waals surface area contributed by atoms with Crippen molar-refractivity contribution in [1.29, 1.82) is 0 Å². The fraction of sp³-hybridized carbons (Fsp3) is 0.412. The maximum Gasteiger partial charge on any atom is 0.287 e. The molecule has 5 nitrogen and oxygen atoms in total. The van der Waals surface area contributed by atoms with Gasteiger partial charge in [0, 0.05) is 30.6 Å². The van der Waals surface area contributed by atoms with Crippen LogP contribution in [0.2, 0.25) is 5.02 Å². The van der Waals surface area contributed by atoms with Gasteiger partial charge in [0.1, 0.15) is 5.02 Å². The third-order valence-electron chi connectivity index (χ3n) is 4.35. The van der Waals surface area contributed by atoms with Crippen LogP contribution in [0.3, 0.4) is 0 Å². The highest BCUT2D eigenvalue weighted by Gasteiger charge is 2.24. The molecule has 1 aliphatic heterocycles. The Labute approximate surface area is 159 Å². The Morgan fingerprint density at radius 1 is 1.27 bits per heavy atom. The number of aromatic nitrogens is 2. The van der Waals surface area contributed by atoms with Gasteiger partial charge >= 0.3 is 0 Å². The SMILES string of the molecule is CNc1cnn(C2CCN(Sc3ccc(C(F)F)cc3)CC2)c(=O)c1Cl. The van der Waals surface area contributed by atoms with Crippen LogP contribution in [0.25, 0.3) is 0 Å². The highest BCUT2D eigenvalue weighted by molar-refractivity contribution is 7.97. The zero-order chi connectivity index (χ0) is 18.7. The van der Waals surface area contributed by atoms with Crippen molar-refractivity contribution in [1.82, 2.24) is 14.1 Å². The second-order valence-corrected chi connectivity index (χ2v) is 7.54. The predicted octanol–water partition coefficient (Wildman–Crippen LogP) is 4.22. The van der Waals surface area contributed by atoms with Crippen LogP contribution in [0.5, 0.6) is 0 Å². The molecule has 0 unspecified atom stereocenters. The number of alkyl halides is 2. The van der Waals surface area contributed by atoms with Crippen molar-refractivity contribution in [3.05, 3.63) is 51.4 Å². The second kappa shape index (κ2) is 8.37. The van der Waals surface area contributed by atoms with Gasteiger partial charge in [-0.25, -0.2) is 17.8 Å². The quantitative estimate of drug-likeness (QED) is 0.761. The minimum absolute atomic E-state index is 0.00367. The lowest BCUT2D eigenvalue weighted by molar-refractivity contribution is 0.151. The molecule has 1 N–H and O–H groups in total. The van der Waals surface area contributed by atoms with Crippen LogP contribution >= 0.6 is 23.5 Å². The third-order valence-corrected chi connectivity index (χ3v) is 5.82. The molecule has 1 aromatic heterocycles. The molecule has 2 heterocycles. The van der Waals surface area contributed by atoms with Crippen LogP contribution in [0.1, 0.15) is 30.9 Å². The van der Waals surface area contributed by atoms with Crippen LogP contribution in [0.15, 0.2) is 40.2 Å². The van der Waals surface area contributed by atoms with Gasteiger partial charge in [-0.3, -0.25) is 4.79 Å². The van der Waals surface area contributed by atoms with Gasteiger partial charge < -0.3 is 5.32 Å². The first-order chi connectivity index (χ1) is 12.5. The Balaban J connectivity index is 1.61. The highest BCUT2D eigenvalue weighted by atomic mass is 35.5. The van der Waals surface area contributed by atoms with Crippen LogP contribution in [0, 0.1) is 0 Å². The molecule has 140 valence electrons. The molecule has 0 spiro atoms. The number of anilines is 1. The predicted molar refractivity (Wildman–Crippen MR) is 100 cm³/mol. The summed E-state index contributed by atoms with van der Waals surface area (Å²) >= 11 is 7.63. The van der Waals surface area contributed by atoms with Crippen molar-refractivity contribution in [2.24, 2.45) is 0 Å². The van der Waals surface area contributed by atoms with E-state index in [1.54, 1.807) is 37.3 Å². The first kappa shape index (κ1) is 19.1. The summed E-state index contributed by atoms with van der Waals surface area (Å²) in [6.07, 6.45) is 0.654. The summed E-state index contributed by atoms with van der Waals surface area (Å²) in [6.45, 7) is 1.54. The molecule has 26 heavy (non-hydrogen) atoms. The molecule has 0 amide bonds. The maximum atomic E-state index is 12.6. The Hall–Kier alpha value is -1.64. The van der Waals surface area contributed by atoms with Gasteiger partial charge in [0.2, 0.25) is 0 Å². The first-order valence-electron chi connectivity index (χ1n) is 8.25. The van der Waals surface area contributed by atoms with Crippen LogP contribution in [0.4, 0.5) is 14.5 Å². The highest BCUT2D eigenvalue weighted by Crippen LogP contribution is 2.31. The molecule has 0 radical (unpaired) electrons. The smallest absolute Gasteiger partial charge is 0.287 e.